The van der Waals surface area contributed by atoms with E-state index >= 15 is 0 Å². The van der Waals surface area contributed by atoms with E-state index in [9.17, 15) is 0 Å². The van der Waals surface area contributed by atoms with Gasteiger partial charge in [0.25, 0.3) is 0 Å². The molecule has 1 aromatic rings. The predicted molar refractivity (Wildman–Crippen MR) is 72.5 cm³/mol. The minimum absolute atomic E-state index is 0.582. The minimum Gasteiger partial charge on any atom is -0.394 e. The van der Waals surface area contributed by atoms with Crippen molar-refractivity contribution in [2.45, 2.75) is 19.3 Å². The third kappa shape index (κ3) is 3.18. The van der Waals surface area contributed by atoms with Crippen LogP contribution in [0, 0.1) is 0 Å². The van der Waals surface area contributed by atoms with E-state index in [4.69, 9.17) is 18.3 Å². The second kappa shape index (κ2) is 7.65. The summed E-state index contributed by atoms with van der Waals surface area (Å²) in [5, 5.41) is 0. The van der Waals surface area contributed by atoms with Crippen molar-refractivity contribution in [3.63, 3.8) is 0 Å². The van der Waals surface area contributed by atoms with Gasteiger partial charge in [0.15, 0.2) is 0 Å². The van der Waals surface area contributed by atoms with Gasteiger partial charge in [-0.3, -0.25) is 0 Å². The van der Waals surface area contributed by atoms with Gasteiger partial charge in [0.05, 0.1) is 0 Å². The molecule has 0 N–H and O–H groups in total. The molecule has 0 radical (unpaired) electrons. The highest BCUT2D eigenvalue weighted by molar-refractivity contribution is 6.47. The average Bonchev–Trinajstić information content (AvgIpc) is 2.42. The molecule has 0 saturated heterocycles. The molecule has 0 atom stereocenters. The van der Waals surface area contributed by atoms with Gasteiger partial charge in [-0.15, -0.1) is 0 Å². The lowest BCUT2D eigenvalue weighted by Crippen LogP contribution is -2.50. The quantitative estimate of drug-likeness (QED) is 0.534. The fourth-order valence-electron chi connectivity index (χ4n) is 1.89. The van der Waals surface area contributed by atoms with E-state index in [2.05, 4.69) is 0 Å². The van der Waals surface area contributed by atoms with Crippen LogP contribution in [0.2, 0.25) is 0 Å². The Morgan fingerprint density at radius 3 is 1.83 bits per heavy atom. The first-order chi connectivity index (χ1) is 8.75. The van der Waals surface area contributed by atoms with Crippen LogP contribution in [0.25, 0.3) is 0 Å². The van der Waals surface area contributed by atoms with E-state index in [1.54, 1.807) is 14.2 Å². The Kier molecular flexibility index (Phi) is 6.52. The van der Waals surface area contributed by atoms with Gasteiger partial charge in [-0.05, 0) is 13.8 Å². The first kappa shape index (κ1) is 15.3. The Morgan fingerprint density at radius 2 is 1.44 bits per heavy atom. The fourth-order valence-corrected chi connectivity index (χ4v) is 3.88. The number of ether oxygens (including phenoxy) is 2. The largest absolute Gasteiger partial charge is 0.394 e. The summed E-state index contributed by atoms with van der Waals surface area (Å²) < 4.78 is 22.8. The van der Waals surface area contributed by atoms with Gasteiger partial charge in [-0.2, -0.15) is 0 Å². The molecule has 0 heterocycles. The number of hydrogen-bond donors (Lipinski definition) is 0. The highest BCUT2D eigenvalue weighted by atomic mass is 28.3. The fraction of sp³-hybridized carbons (Fsp3) is 0.538. The normalized spacial score (nSPS) is 12.1. The summed E-state index contributed by atoms with van der Waals surface area (Å²) in [7, 11) is 1.08. The lowest BCUT2D eigenvalue weighted by molar-refractivity contribution is -0.176. The molecule has 0 amide bonds. The summed E-state index contributed by atoms with van der Waals surface area (Å²) in [4.78, 5) is 0. The van der Waals surface area contributed by atoms with Crippen LogP contribution in [0.5, 0.6) is 0 Å². The van der Waals surface area contributed by atoms with Crippen LogP contribution in [-0.4, -0.2) is 36.7 Å². The number of benzene rings is 1. The maximum absolute atomic E-state index is 5.75. The van der Waals surface area contributed by atoms with Crippen molar-refractivity contribution in [3.05, 3.63) is 35.9 Å². The number of methoxy groups -OCH3 is 2. The molecule has 4 nitrogen and oxygen atoms in total. The van der Waals surface area contributed by atoms with Crippen molar-refractivity contribution in [2.75, 3.05) is 27.4 Å². The van der Waals surface area contributed by atoms with E-state index < -0.39 is 14.7 Å². The van der Waals surface area contributed by atoms with Crippen LogP contribution in [0.3, 0.4) is 0 Å². The first-order valence-corrected chi connectivity index (χ1v) is 7.66. The zero-order chi connectivity index (χ0) is 13.4. The predicted octanol–water partition coefficient (Wildman–Crippen LogP) is 1.96. The molecular weight excluding hydrogens is 248 g/mol. The van der Waals surface area contributed by atoms with Gasteiger partial charge in [-0.1, -0.05) is 30.3 Å². The molecule has 0 fully saturated rings. The molecule has 1 aromatic carbocycles. The molecule has 0 unspecified atom stereocenters. The summed E-state index contributed by atoms with van der Waals surface area (Å²) in [6.45, 7) is 5.05. The molecule has 1 rings (SSSR count). The van der Waals surface area contributed by atoms with E-state index in [1.165, 1.54) is 0 Å². The Hall–Kier alpha value is -0.723. The minimum atomic E-state index is -2.16. The van der Waals surface area contributed by atoms with E-state index in [0.717, 1.165) is 5.56 Å². The zero-order valence-electron chi connectivity index (χ0n) is 11.5. The molecule has 102 valence electrons. The molecule has 0 bridgehead atoms. The third-order valence-corrected chi connectivity index (χ3v) is 5.43. The van der Waals surface area contributed by atoms with Crippen LogP contribution in [0.15, 0.2) is 30.3 Å². The summed E-state index contributed by atoms with van der Waals surface area (Å²) in [6.07, 6.45) is 0. The maximum atomic E-state index is 5.75. The summed E-state index contributed by atoms with van der Waals surface area (Å²) in [5.41, 5.74) is 0.0152. The van der Waals surface area contributed by atoms with Gasteiger partial charge in [0.1, 0.15) is 0 Å². The van der Waals surface area contributed by atoms with Crippen LogP contribution >= 0.6 is 0 Å². The Labute approximate surface area is 111 Å². The monoisotopic (exact) mass is 270 g/mol. The van der Waals surface area contributed by atoms with E-state index in [-0.39, 0.29) is 0 Å². The molecule has 18 heavy (non-hydrogen) atoms. The maximum Gasteiger partial charge on any atom is 0.390 e. The van der Waals surface area contributed by atoms with E-state index in [0.29, 0.717) is 13.2 Å². The Morgan fingerprint density at radius 1 is 0.944 bits per heavy atom. The molecule has 0 aliphatic carbocycles. The standard InChI is InChI=1S/C13H22O4Si/c1-5-16-18(17-6-2)13(14-3,15-4)12-10-8-7-9-11-12/h7-11,18H,5-6H2,1-4H3. The van der Waals surface area contributed by atoms with Gasteiger partial charge in [0, 0.05) is 33.0 Å². The van der Waals surface area contributed by atoms with Crippen LogP contribution < -0.4 is 0 Å². The second-order valence-electron chi connectivity index (χ2n) is 3.68. The molecule has 5 heteroatoms. The topological polar surface area (TPSA) is 36.9 Å². The number of hydrogen-bond acceptors (Lipinski definition) is 4. The van der Waals surface area contributed by atoms with Crippen molar-refractivity contribution >= 4 is 9.28 Å². The Bertz CT molecular complexity index is 321. The Balaban J connectivity index is 3.11. The number of rotatable bonds is 8. The van der Waals surface area contributed by atoms with Crippen LogP contribution in [-0.2, 0) is 23.7 Å². The van der Waals surface area contributed by atoms with E-state index in [1.807, 2.05) is 44.2 Å². The smallest absolute Gasteiger partial charge is 0.390 e. The SMILES string of the molecule is CCO[SiH](OCC)C(OC)(OC)c1ccccc1. The van der Waals surface area contributed by atoms with Crippen molar-refractivity contribution in [3.8, 4) is 0 Å². The van der Waals surface area contributed by atoms with Crippen molar-refractivity contribution in [2.24, 2.45) is 0 Å². The first-order valence-electron chi connectivity index (χ1n) is 6.14. The van der Waals surface area contributed by atoms with Gasteiger partial charge in [0.2, 0.25) is 5.41 Å². The van der Waals surface area contributed by atoms with Crippen molar-refractivity contribution < 1.29 is 18.3 Å². The zero-order valence-corrected chi connectivity index (χ0v) is 12.7. The molecule has 0 aliphatic heterocycles. The van der Waals surface area contributed by atoms with Gasteiger partial charge in [-0.25, -0.2) is 0 Å². The second-order valence-corrected chi connectivity index (χ2v) is 5.77. The molecular formula is C13H22O4Si. The summed E-state index contributed by atoms with van der Waals surface area (Å²) >= 11 is 0. The highest BCUT2D eigenvalue weighted by Gasteiger charge is 2.46. The van der Waals surface area contributed by atoms with Crippen LogP contribution in [0.4, 0.5) is 0 Å². The summed E-state index contributed by atoms with van der Waals surface area (Å²) in [6, 6.07) is 9.78. The molecule has 0 saturated carbocycles. The molecule has 0 aliphatic rings. The van der Waals surface area contributed by atoms with Gasteiger partial charge < -0.3 is 18.3 Å². The lowest BCUT2D eigenvalue weighted by Gasteiger charge is -2.35. The highest BCUT2D eigenvalue weighted by Crippen LogP contribution is 2.30. The lowest BCUT2D eigenvalue weighted by atomic mass is 10.2. The molecule has 0 aromatic heterocycles. The van der Waals surface area contributed by atoms with Crippen molar-refractivity contribution in [1.82, 2.24) is 0 Å². The van der Waals surface area contributed by atoms with Crippen molar-refractivity contribution in [1.29, 1.82) is 0 Å². The average molecular weight is 270 g/mol. The third-order valence-electron chi connectivity index (χ3n) is 2.73. The van der Waals surface area contributed by atoms with Gasteiger partial charge >= 0.3 is 9.28 Å². The molecule has 0 spiro atoms. The van der Waals surface area contributed by atoms with Crippen LogP contribution in [0.1, 0.15) is 19.4 Å². The summed E-state index contributed by atoms with van der Waals surface area (Å²) in [5.74, 6) is 0.